The third kappa shape index (κ3) is 3.10. The molecule has 0 aromatic heterocycles. The van der Waals surface area contributed by atoms with E-state index >= 15 is 0 Å². The molecule has 1 aromatic rings. The van der Waals surface area contributed by atoms with Crippen LogP contribution in [0.4, 0.5) is 12.9 Å². The molecule has 0 saturated heterocycles. The minimum absolute atomic E-state index is 0. The minimum atomic E-state index is -5.25. The van der Waals surface area contributed by atoms with Gasteiger partial charge in [0.15, 0.2) is 6.29 Å². The van der Waals surface area contributed by atoms with Gasteiger partial charge in [0, 0.05) is 5.56 Å². The summed E-state index contributed by atoms with van der Waals surface area (Å²) in [5, 5.41) is 8.93. The van der Waals surface area contributed by atoms with Crippen LogP contribution in [0.3, 0.4) is 0 Å². The van der Waals surface area contributed by atoms with Crippen molar-refractivity contribution < 1.29 is 74.2 Å². The van der Waals surface area contributed by atoms with Crippen LogP contribution in [0.5, 0.6) is 5.75 Å². The number of carbonyl (C=O) groups is 1. The van der Waals surface area contributed by atoms with E-state index in [2.05, 4.69) is 0 Å². The monoisotopic (exact) mass is 228 g/mol. The summed E-state index contributed by atoms with van der Waals surface area (Å²) in [4.78, 5) is 10.2. The van der Waals surface area contributed by atoms with Gasteiger partial charge in [-0.2, -0.15) is 0 Å². The van der Waals surface area contributed by atoms with Gasteiger partial charge < -0.3 is 18.1 Å². The third-order valence-electron chi connectivity index (χ3n) is 1.59. The molecule has 1 N–H and O–H groups in total. The standard InChI is InChI=1S/C7H5BF3O2.K/c9-8(10,11)6-2-1-3-7(13)5(6)4-12;/h1-4,13H;/q-1;+1. The molecule has 0 bridgehead atoms. The van der Waals surface area contributed by atoms with Crippen LogP contribution >= 0.6 is 0 Å². The normalized spacial score (nSPS) is 10.5. The van der Waals surface area contributed by atoms with Crippen LogP contribution in [0.25, 0.3) is 0 Å². The van der Waals surface area contributed by atoms with Gasteiger partial charge in [0.1, 0.15) is 5.75 Å². The first-order valence-corrected chi connectivity index (χ1v) is 3.44. The molecule has 0 aliphatic rings. The first-order chi connectivity index (χ1) is 5.96. The fraction of sp³-hybridized carbons (Fsp3) is 0. The van der Waals surface area contributed by atoms with Crippen LogP contribution in [-0.2, 0) is 0 Å². The van der Waals surface area contributed by atoms with E-state index in [9.17, 15) is 17.7 Å². The first-order valence-electron chi connectivity index (χ1n) is 3.44. The Morgan fingerprint density at radius 1 is 1.29 bits per heavy atom. The number of benzene rings is 1. The molecule has 0 saturated carbocycles. The van der Waals surface area contributed by atoms with E-state index in [1.165, 1.54) is 0 Å². The average molecular weight is 228 g/mol. The Balaban J connectivity index is 0.00000169. The van der Waals surface area contributed by atoms with Crippen LogP contribution in [0.15, 0.2) is 18.2 Å². The summed E-state index contributed by atoms with van der Waals surface area (Å²) in [6.45, 7) is -5.25. The second-order valence-corrected chi connectivity index (χ2v) is 2.47. The Morgan fingerprint density at radius 2 is 1.86 bits per heavy atom. The number of aromatic hydroxyl groups is 1. The number of rotatable bonds is 2. The van der Waals surface area contributed by atoms with Gasteiger partial charge in [-0.05, 0) is 6.07 Å². The SMILES string of the molecule is O=Cc1c(O)cccc1[B-](F)(F)F.[K+]. The molecule has 1 aromatic carbocycles. The van der Waals surface area contributed by atoms with Crippen molar-refractivity contribution in [2.75, 3.05) is 0 Å². The zero-order chi connectivity index (χ0) is 10.1. The molecule has 1 rings (SSSR count). The molecule has 0 fully saturated rings. The molecule has 7 heteroatoms. The Morgan fingerprint density at radius 3 is 2.21 bits per heavy atom. The predicted molar refractivity (Wildman–Crippen MR) is 42.2 cm³/mol. The van der Waals surface area contributed by atoms with Crippen molar-refractivity contribution in [1.82, 2.24) is 0 Å². The van der Waals surface area contributed by atoms with Crippen molar-refractivity contribution in [2.24, 2.45) is 0 Å². The maximum Gasteiger partial charge on any atom is 1.00 e. The van der Waals surface area contributed by atoms with Gasteiger partial charge in [0.2, 0.25) is 0 Å². The number of phenols is 1. The molecule has 14 heavy (non-hydrogen) atoms. The molecular formula is C7H5BF3KO2. The van der Waals surface area contributed by atoms with Crippen molar-refractivity contribution in [3.63, 3.8) is 0 Å². The van der Waals surface area contributed by atoms with Gasteiger partial charge in [0.25, 0.3) is 0 Å². The predicted octanol–water partition coefficient (Wildman–Crippen LogP) is -1.74. The van der Waals surface area contributed by atoms with E-state index in [0.717, 1.165) is 18.2 Å². The summed E-state index contributed by atoms with van der Waals surface area (Å²) in [7, 11) is 0. The topological polar surface area (TPSA) is 37.3 Å². The van der Waals surface area contributed by atoms with Crippen LogP contribution in [0, 0.1) is 0 Å². The number of phenolic OH excluding ortho intramolecular Hbond substituents is 1. The van der Waals surface area contributed by atoms with Crippen molar-refractivity contribution in [2.45, 2.75) is 0 Å². The van der Waals surface area contributed by atoms with Crippen LogP contribution in [-0.4, -0.2) is 18.4 Å². The van der Waals surface area contributed by atoms with E-state index in [-0.39, 0.29) is 57.7 Å². The Labute approximate surface area is 121 Å². The fourth-order valence-electron chi connectivity index (χ4n) is 0.984. The Bertz CT molecular complexity index is 340. The number of halogens is 3. The second-order valence-electron chi connectivity index (χ2n) is 2.47. The van der Waals surface area contributed by atoms with Gasteiger partial charge in [-0.25, -0.2) is 0 Å². The summed E-state index contributed by atoms with van der Waals surface area (Å²) in [5.41, 5.74) is -1.76. The van der Waals surface area contributed by atoms with Crippen LogP contribution < -0.4 is 56.8 Å². The summed E-state index contributed by atoms with van der Waals surface area (Å²) in [6.07, 6.45) is -0.0000926. The summed E-state index contributed by atoms with van der Waals surface area (Å²) >= 11 is 0. The molecule has 0 aliphatic carbocycles. The number of hydrogen-bond acceptors (Lipinski definition) is 2. The quantitative estimate of drug-likeness (QED) is 0.482. The molecule has 0 atom stereocenters. The zero-order valence-electron chi connectivity index (χ0n) is 7.38. The van der Waals surface area contributed by atoms with E-state index < -0.39 is 23.8 Å². The molecule has 0 spiro atoms. The van der Waals surface area contributed by atoms with Gasteiger partial charge in [0.05, 0.1) is 0 Å². The maximum atomic E-state index is 12.2. The summed E-state index contributed by atoms with van der Waals surface area (Å²) in [5.74, 6) is -0.647. The molecule has 0 amide bonds. The molecule has 0 unspecified atom stereocenters. The van der Waals surface area contributed by atoms with E-state index in [1.807, 2.05) is 0 Å². The Hall–Kier alpha value is 0.181. The van der Waals surface area contributed by atoms with E-state index in [1.54, 1.807) is 0 Å². The van der Waals surface area contributed by atoms with Gasteiger partial charge in [-0.15, -0.1) is 0 Å². The zero-order valence-corrected chi connectivity index (χ0v) is 10.5. The minimum Gasteiger partial charge on any atom is -0.507 e. The van der Waals surface area contributed by atoms with Gasteiger partial charge in [-0.3, -0.25) is 4.79 Å². The Kier molecular flexibility index (Phi) is 5.38. The molecule has 70 valence electrons. The fourth-order valence-corrected chi connectivity index (χ4v) is 0.984. The molecule has 0 heterocycles. The molecule has 2 nitrogen and oxygen atoms in total. The summed E-state index contributed by atoms with van der Waals surface area (Å²) < 4.78 is 36.6. The van der Waals surface area contributed by atoms with Crippen molar-refractivity contribution in [3.8, 4) is 5.75 Å². The molecule has 0 radical (unpaired) electrons. The van der Waals surface area contributed by atoms with Crippen LogP contribution in [0.2, 0.25) is 0 Å². The van der Waals surface area contributed by atoms with Gasteiger partial charge in [-0.1, -0.05) is 17.6 Å². The third-order valence-corrected chi connectivity index (χ3v) is 1.59. The van der Waals surface area contributed by atoms with Crippen LogP contribution in [0.1, 0.15) is 10.4 Å². The average Bonchev–Trinajstić information content (AvgIpc) is 2.02. The van der Waals surface area contributed by atoms with Crippen molar-refractivity contribution in [1.29, 1.82) is 0 Å². The first kappa shape index (κ1) is 14.2. The number of carbonyl (C=O) groups excluding carboxylic acids is 1. The number of aldehydes is 1. The maximum absolute atomic E-state index is 12.2. The number of hydrogen-bond donors (Lipinski definition) is 1. The smallest absolute Gasteiger partial charge is 0.507 e. The molecule has 0 aliphatic heterocycles. The largest absolute Gasteiger partial charge is 1.00 e. The van der Waals surface area contributed by atoms with Crippen molar-refractivity contribution >= 4 is 18.7 Å². The summed E-state index contributed by atoms with van der Waals surface area (Å²) in [6, 6.07) is 2.85. The molecular weight excluding hydrogens is 223 g/mol. The van der Waals surface area contributed by atoms with Gasteiger partial charge >= 0.3 is 58.4 Å². The van der Waals surface area contributed by atoms with E-state index in [4.69, 9.17) is 5.11 Å². The second kappa shape index (κ2) is 5.32. The van der Waals surface area contributed by atoms with E-state index in [0.29, 0.717) is 0 Å². The van der Waals surface area contributed by atoms with Crippen molar-refractivity contribution in [3.05, 3.63) is 23.8 Å².